The van der Waals surface area contributed by atoms with Crippen LogP contribution in [0.5, 0.6) is 0 Å². The summed E-state index contributed by atoms with van der Waals surface area (Å²) in [6.45, 7) is 1.95. The third-order valence-corrected chi connectivity index (χ3v) is 3.48. The highest BCUT2D eigenvalue weighted by Crippen LogP contribution is 2.35. The number of para-hydroxylation sites is 1. The Morgan fingerprint density at radius 2 is 2.00 bits per heavy atom. The molecule has 0 saturated heterocycles. The van der Waals surface area contributed by atoms with Gasteiger partial charge in [-0.1, -0.05) is 12.1 Å². The molecule has 0 aliphatic rings. The number of fused-ring (bicyclic) bond motifs is 1. The number of aromatic amines is 1. The Balaban J connectivity index is 1.92. The molecule has 0 radical (unpaired) electrons. The van der Waals surface area contributed by atoms with Crippen LogP contribution in [-0.4, -0.2) is 22.5 Å². The van der Waals surface area contributed by atoms with E-state index in [2.05, 4.69) is 15.3 Å². The van der Waals surface area contributed by atoms with Crippen molar-refractivity contribution in [2.45, 2.75) is 13.1 Å². The van der Waals surface area contributed by atoms with Crippen LogP contribution in [-0.2, 0) is 10.9 Å². The average Bonchev–Trinajstić information content (AvgIpc) is 2.95. The van der Waals surface area contributed by atoms with Crippen molar-refractivity contribution >= 4 is 28.6 Å². The number of ether oxygens (including phenoxy) is 1. The average molecular weight is 349 g/mol. The molecule has 5 nitrogen and oxygen atoms in total. The highest BCUT2D eigenvalue weighted by molar-refractivity contribution is 5.94. The van der Waals surface area contributed by atoms with Crippen LogP contribution < -0.4 is 5.32 Å². The van der Waals surface area contributed by atoms with Crippen LogP contribution in [0, 0.1) is 0 Å². The number of benzene rings is 2. The number of H-pyrrole nitrogens is 1. The Hall–Kier alpha value is -3.03. The minimum Gasteiger partial charge on any atom is -0.462 e. The maximum atomic E-state index is 13.0. The number of carbonyl (C=O) groups excluding carboxylic acids is 1. The molecule has 0 aliphatic carbocycles. The van der Waals surface area contributed by atoms with Gasteiger partial charge < -0.3 is 15.0 Å². The van der Waals surface area contributed by atoms with Gasteiger partial charge in [-0.3, -0.25) is 0 Å². The second-order valence-corrected chi connectivity index (χ2v) is 5.21. The Kier molecular flexibility index (Phi) is 4.35. The fourth-order valence-electron chi connectivity index (χ4n) is 2.38. The molecule has 1 aromatic heterocycles. The van der Waals surface area contributed by atoms with Crippen LogP contribution >= 0.6 is 0 Å². The van der Waals surface area contributed by atoms with Gasteiger partial charge in [0.15, 0.2) is 0 Å². The summed E-state index contributed by atoms with van der Waals surface area (Å²) in [5.74, 6) is -0.330. The van der Waals surface area contributed by atoms with Crippen LogP contribution in [0.1, 0.15) is 22.8 Å². The molecule has 2 N–H and O–H groups in total. The molecule has 0 atom stereocenters. The predicted molar refractivity (Wildman–Crippen MR) is 86.8 cm³/mol. The fraction of sp³-hybridized carbons (Fsp3) is 0.176. The van der Waals surface area contributed by atoms with Crippen molar-refractivity contribution in [3.05, 3.63) is 53.6 Å². The molecule has 3 aromatic rings. The third-order valence-electron chi connectivity index (χ3n) is 3.48. The molecule has 8 heteroatoms. The van der Waals surface area contributed by atoms with E-state index < -0.39 is 17.7 Å². The van der Waals surface area contributed by atoms with Gasteiger partial charge in [0.2, 0.25) is 5.95 Å². The SMILES string of the molecule is CCOC(=O)c1ccc2nc(Nc3ccccc3C(F)(F)F)[nH]c2c1. The zero-order valence-corrected chi connectivity index (χ0v) is 13.1. The van der Waals surface area contributed by atoms with E-state index >= 15 is 0 Å². The Labute approximate surface area is 140 Å². The van der Waals surface area contributed by atoms with E-state index in [9.17, 15) is 18.0 Å². The minimum absolute atomic E-state index is 0.111. The molecule has 2 aromatic carbocycles. The number of nitrogens with zero attached hydrogens (tertiary/aromatic N) is 1. The lowest BCUT2D eigenvalue weighted by atomic mass is 10.1. The lowest BCUT2D eigenvalue weighted by Crippen LogP contribution is -2.08. The molecule has 1 heterocycles. The summed E-state index contributed by atoms with van der Waals surface area (Å²) in [6, 6.07) is 9.82. The van der Waals surface area contributed by atoms with E-state index in [1.807, 2.05) is 0 Å². The first-order chi connectivity index (χ1) is 11.9. The number of halogens is 3. The molecular weight excluding hydrogens is 335 g/mol. The molecule has 0 amide bonds. The third kappa shape index (κ3) is 3.57. The van der Waals surface area contributed by atoms with E-state index in [1.165, 1.54) is 18.2 Å². The first-order valence-electron chi connectivity index (χ1n) is 7.48. The van der Waals surface area contributed by atoms with E-state index in [-0.39, 0.29) is 18.2 Å². The van der Waals surface area contributed by atoms with Crippen LogP contribution in [0.3, 0.4) is 0 Å². The number of carbonyl (C=O) groups is 1. The number of anilines is 2. The molecule has 0 bridgehead atoms. The zero-order chi connectivity index (χ0) is 18.0. The maximum absolute atomic E-state index is 13.0. The maximum Gasteiger partial charge on any atom is 0.418 e. The molecule has 0 fully saturated rings. The first-order valence-corrected chi connectivity index (χ1v) is 7.48. The number of nitrogens with one attached hydrogen (secondary N) is 2. The first kappa shape index (κ1) is 16.8. The van der Waals surface area contributed by atoms with E-state index in [1.54, 1.807) is 25.1 Å². The molecule has 130 valence electrons. The van der Waals surface area contributed by atoms with Crippen molar-refractivity contribution < 1.29 is 22.7 Å². The van der Waals surface area contributed by atoms with Gasteiger partial charge in [0.1, 0.15) is 0 Å². The summed E-state index contributed by atoms with van der Waals surface area (Å²) in [5, 5.41) is 2.64. The Bertz CT molecular complexity index is 919. The summed E-state index contributed by atoms with van der Waals surface area (Å²) >= 11 is 0. The molecular formula is C17H14F3N3O2. The van der Waals surface area contributed by atoms with Gasteiger partial charge in [0.25, 0.3) is 0 Å². The molecule has 25 heavy (non-hydrogen) atoms. The summed E-state index contributed by atoms with van der Waals surface area (Å²) < 4.78 is 44.1. The van der Waals surface area contributed by atoms with Gasteiger partial charge >= 0.3 is 12.1 Å². The lowest BCUT2D eigenvalue weighted by Gasteiger charge is -2.12. The van der Waals surface area contributed by atoms with Crippen LogP contribution in [0.4, 0.5) is 24.8 Å². The smallest absolute Gasteiger partial charge is 0.418 e. The summed E-state index contributed by atoms with van der Waals surface area (Å²) in [5.41, 5.74) is 0.458. The standard InChI is InChI=1S/C17H14F3N3O2/c1-2-25-15(24)10-7-8-13-14(9-10)23-16(22-13)21-12-6-4-3-5-11(12)17(18,19)20/h3-9H,2H2,1H3,(H2,21,22,23). The molecule has 0 spiro atoms. The summed E-state index contributed by atoms with van der Waals surface area (Å²) in [4.78, 5) is 18.8. The number of esters is 1. The number of hydrogen-bond acceptors (Lipinski definition) is 4. The second kappa shape index (κ2) is 6.46. The van der Waals surface area contributed by atoms with Crippen molar-refractivity contribution in [2.24, 2.45) is 0 Å². The predicted octanol–water partition coefficient (Wildman–Crippen LogP) is 4.50. The quantitative estimate of drug-likeness (QED) is 0.681. The van der Waals surface area contributed by atoms with Gasteiger partial charge in [-0.25, -0.2) is 9.78 Å². The number of alkyl halides is 3. The summed E-state index contributed by atoms with van der Waals surface area (Å²) in [6.07, 6.45) is -4.48. The second-order valence-electron chi connectivity index (χ2n) is 5.21. The Morgan fingerprint density at radius 1 is 1.24 bits per heavy atom. The van der Waals surface area contributed by atoms with E-state index in [0.717, 1.165) is 6.07 Å². The Morgan fingerprint density at radius 3 is 2.72 bits per heavy atom. The molecule has 0 aliphatic heterocycles. The van der Waals surface area contributed by atoms with Crippen LogP contribution in [0.15, 0.2) is 42.5 Å². The number of imidazole rings is 1. The van der Waals surface area contributed by atoms with Gasteiger partial charge in [-0.2, -0.15) is 13.2 Å². The lowest BCUT2D eigenvalue weighted by molar-refractivity contribution is -0.136. The minimum atomic E-state index is -4.48. The van der Waals surface area contributed by atoms with Gasteiger partial charge in [0.05, 0.1) is 34.5 Å². The molecule has 0 saturated carbocycles. The fourth-order valence-corrected chi connectivity index (χ4v) is 2.38. The van der Waals surface area contributed by atoms with Crippen LogP contribution in [0.2, 0.25) is 0 Å². The highest BCUT2D eigenvalue weighted by Gasteiger charge is 2.33. The van der Waals surface area contributed by atoms with Crippen molar-refractivity contribution in [3.8, 4) is 0 Å². The van der Waals surface area contributed by atoms with E-state index in [4.69, 9.17) is 4.74 Å². The van der Waals surface area contributed by atoms with Crippen molar-refractivity contribution in [3.63, 3.8) is 0 Å². The van der Waals surface area contributed by atoms with E-state index in [0.29, 0.717) is 16.6 Å². The van der Waals surface area contributed by atoms with Crippen LogP contribution in [0.25, 0.3) is 11.0 Å². The number of rotatable bonds is 4. The monoisotopic (exact) mass is 349 g/mol. The normalized spacial score (nSPS) is 11.5. The van der Waals surface area contributed by atoms with Crippen molar-refractivity contribution in [1.82, 2.24) is 9.97 Å². The van der Waals surface area contributed by atoms with Crippen molar-refractivity contribution in [1.29, 1.82) is 0 Å². The number of aromatic nitrogens is 2. The zero-order valence-electron chi connectivity index (χ0n) is 13.1. The van der Waals surface area contributed by atoms with Gasteiger partial charge in [-0.15, -0.1) is 0 Å². The largest absolute Gasteiger partial charge is 0.462 e. The topological polar surface area (TPSA) is 67.0 Å². The molecule has 3 rings (SSSR count). The molecule has 0 unspecified atom stereocenters. The van der Waals surface area contributed by atoms with Gasteiger partial charge in [-0.05, 0) is 37.3 Å². The highest BCUT2D eigenvalue weighted by atomic mass is 19.4. The van der Waals surface area contributed by atoms with Crippen molar-refractivity contribution in [2.75, 3.05) is 11.9 Å². The summed E-state index contributed by atoms with van der Waals surface area (Å²) in [7, 11) is 0. The number of hydrogen-bond donors (Lipinski definition) is 2. The van der Waals surface area contributed by atoms with Gasteiger partial charge in [0, 0.05) is 0 Å².